The number of aromatic nitrogens is 2. The third-order valence-corrected chi connectivity index (χ3v) is 15.6. The van der Waals surface area contributed by atoms with E-state index < -0.39 is 21.2 Å². The summed E-state index contributed by atoms with van der Waals surface area (Å²) in [4.78, 5) is 28.9. The summed E-state index contributed by atoms with van der Waals surface area (Å²) < 4.78 is 60.8. The van der Waals surface area contributed by atoms with Crippen molar-refractivity contribution in [2.24, 2.45) is 5.41 Å². The van der Waals surface area contributed by atoms with Gasteiger partial charge >= 0.3 is 0 Å². The molecule has 4 atom stereocenters. The Labute approximate surface area is 418 Å². The zero-order valence-corrected chi connectivity index (χ0v) is 41.5. The molecule has 3 fully saturated rings. The fourth-order valence-corrected chi connectivity index (χ4v) is 11.5. The maximum absolute atomic E-state index is 14.6. The van der Waals surface area contributed by atoms with E-state index in [2.05, 4.69) is 50.8 Å². The molecule has 0 radical (unpaired) electrons. The smallest absolute Gasteiger partial charge is 0.267 e. The van der Waals surface area contributed by atoms with Crippen LogP contribution < -0.4 is 29.8 Å². The van der Waals surface area contributed by atoms with Gasteiger partial charge in [0.2, 0.25) is 5.88 Å². The van der Waals surface area contributed by atoms with E-state index in [0.717, 1.165) is 55.1 Å². The van der Waals surface area contributed by atoms with E-state index >= 15 is 0 Å². The molecule has 5 aromatic rings. The topological polar surface area (TPSA) is 208 Å². The van der Waals surface area contributed by atoms with Crippen LogP contribution in [0.25, 0.3) is 16.6 Å². The number of ether oxygens (including phenoxy) is 5. The van der Waals surface area contributed by atoms with Crippen LogP contribution in [-0.4, -0.2) is 138 Å². The highest BCUT2D eigenvalue weighted by atomic mass is 35.5. The SMILES string of the molecule is CC1(C)CC(c2ccc(Cl)cc2)=C2CN3CCN(c4ccc(C(=O)NS(=O)(=O)c5ccc(NCC6COCCO6)c([NH+]([O-])O)c5)c(N5CCCOc6nc7[nH]ccc7cc65)c4)CC3COCCCO[C@@H]2C1. The summed E-state index contributed by atoms with van der Waals surface area (Å²) in [5.74, 6) is -0.510. The number of anilines is 4. The lowest BCUT2D eigenvalue weighted by atomic mass is 9.71. The number of halogens is 1. The van der Waals surface area contributed by atoms with Crippen LogP contribution in [0.5, 0.6) is 5.88 Å². The zero-order chi connectivity index (χ0) is 49.3. The number of aromatic amines is 1. The number of nitrogens with zero attached hydrogens (tertiary/aromatic N) is 4. The number of amides is 1. The zero-order valence-electron chi connectivity index (χ0n) is 40.0. The molecule has 2 aromatic heterocycles. The normalized spacial score (nSPS) is 22.8. The summed E-state index contributed by atoms with van der Waals surface area (Å²) in [5.41, 5.74) is 6.41. The van der Waals surface area contributed by atoms with Crippen molar-refractivity contribution in [3.05, 3.63) is 106 Å². The first kappa shape index (κ1) is 49.3. The minimum atomic E-state index is -4.59. The van der Waals surface area contributed by atoms with Crippen LogP contribution in [0.15, 0.2) is 89.5 Å². The largest absolute Gasteiger partial charge is 0.595 e. The fourth-order valence-electron chi connectivity index (χ4n) is 10.4. The first-order chi connectivity index (χ1) is 34.3. The molecule has 5 N–H and O–H groups in total. The lowest BCUT2D eigenvalue weighted by Crippen LogP contribution is -2.99. The monoisotopic (exact) mass is 1010 g/mol. The number of rotatable bonds is 10. The van der Waals surface area contributed by atoms with Crippen molar-refractivity contribution in [2.75, 3.05) is 101 Å². The second kappa shape index (κ2) is 21.0. The van der Waals surface area contributed by atoms with Gasteiger partial charge in [-0.25, -0.2) is 18.3 Å². The summed E-state index contributed by atoms with van der Waals surface area (Å²) in [6.07, 6.45) is 4.66. The van der Waals surface area contributed by atoms with Gasteiger partial charge in [-0.15, -0.1) is 0 Å². The molecule has 4 aliphatic heterocycles. The maximum atomic E-state index is 14.6. The van der Waals surface area contributed by atoms with Gasteiger partial charge in [0.25, 0.3) is 15.9 Å². The Balaban J connectivity index is 0.967. The highest BCUT2D eigenvalue weighted by Gasteiger charge is 2.39. The number of hydrogen-bond acceptors (Lipinski definition) is 15. The molecule has 18 nitrogen and oxygen atoms in total. The quantitative estimate of drug-likeness (QED) is 0.101. The molecule has 3 aromatic carbocycles. The molecular formula is C51H61ClN8O10S. The van der Waals surface area contributed by atoms with Crippen LogP contribution in [0.2, 0.25) is 5.02 Å². The number of carbonyl (C=O) groups is 1. The van der Waals surface area contributed by atoms with E-state index in [9.17, 15) is 23.6 Å². The summed E-state index contributed by atoms with van der Waals surface area (Å²) in [5, 5.41) is 25.8. The summed E-state index contributed by atoms with van der Waals surface area (Å²) in [7, 11) is -4.59. The molecule has 378 valence electrons. The number of nitrogens with one attached hydrogen (secondary N) is 4. The van der Waals surface area contributed by atoms with Crippen molar-refractivity contribution in [1.82, 2.24) is 19.6 Å². The molecule has 71 heavy (non-hydrogen) atoms. The standard InChI is InChI=1S/C51H61ClN8O10S/c1-51(2)26-41(33-5-7-35(52)8-6-33)42-30-58-17-16-57(29-37(58)31-66-18-4-20-69-47(42)27-51)36-9-11-40(44(24-36)59-15-3-19-70-50-46(59)23-34-13-14-53-48(34)55-50)49(61)56-71(64,65)39-10-12-43(45(25-39)60(62)63)54-28-38-32-67-21-22-68-38/h5-14,23-25,37-38,47,54,60,62H,3-4,15-22,26-32H2,1-2H3,(H,53,55)(H,56,61)/t37?,38?,47-/m1/s1. The van der Waals surface area contributed by atoms with Crippen molar-refractivity contribution in [3.8, 4) is 5.88 Å². The number of H-pyrrole nitrogens is 1. The van der Waals surface area contributed by atoms with Gasteiger partial charge in [-0.2, -0.15) is 10.2 Å². The van der Waals surface area contributed by atoms with Crippen LogP contribution in [0.4, 0.5) is 28.4 Å². The molecule has 0 saturated carbocycles. The molecule has 6 heterocycles. The molecule has 3 saturated heterocycles. The van der Waals surface area contributed by atoms with E-state index in [4.69, 9.17) is 40.3 Å². The Kier molecular flexibility index (Phi) is 14.6. The Bertz CT molecular complexity index is 2870. The molecule has 10 rings (SSSR count). The van der Waals surface area contributed by atoms with Gasteiger partial charge in [-0.05, 0) is 102 Å². The molecule has 0 spiro atoms. The van der Waals surface area contributed by atoms with Crippen molar-refractivity contribution < 1.29 is 47.3 Å². The third kappa shape index (κ3) is 11.0. The first-order valence-corrected chi connectivity index (χ1v) is 26.2. The second-order valence-corrected chi connectivity index (χ2v) is 21.7. The summed E-state index contributed by atoms with van der Waals surface area (Å²) in [6.45, 7) is 11.4. The second-order valence-electron chi connectivity index (χ2n) is 19.6. The minimum absolute atomic E-state index is 0.0123. The van der Waals surface area contributed by atoms with E-state index in [0.29, 0.717) is 100 Å². The van der Waals surface area contributed by atoms with Gasteiger partial charge in [0.15, 0.2) is 5.69 Å². The number of benzene rings is 3. The molecule has 0 bridgehead atoms. The average molecular weight is 1010 g/mol. The van der Waals surface area contributed by atoms with Crippen LogP contribution in [0, 0.1) is 10.6 Å². The van der Waals surface area contributed by atoms with Crippen molar-refractivity contribution in [3.63, 3.8) is 0 Å². The first-order valence-electron chi connectivity index (χ1n) is 24.3. The Morgan fingerprint density at radius 3 is 2.61 bits per heavy atom. The lowest BCUT2D eigenvalue weighted by Gasteiger charge is -2.45. The van der Waals surface area contributed by atoms with Gasteiger partial charge in [0.05, 0.1) is 73.1 Å². The molecule has 1 aliphatic carbocycles. The number of carbonyl (C=O) groups excluding carboxylic acids is 1. The lowest BCUT2D eigenvalue weighted by molar-refractivity contribution is -0.990. The van der Waals surface area contributed by atoms with Crippen LogP contribution in [-0.2, 0) is 29.0 Å². The molecule has 1 amide bonds. The third-order valence-electron chi connectivity index (χ3n) is 14.0. The van der Waals surface area contributed by atoms with Gasteiger partial charge in [-0.3, -0.25) is 9.69 Å². The predicted octanol–water partition coefficient (Wildman–Crippen LogP) is 6.06. The van der Waals surface area contributed by atoms with Gasteiger partial charge in [0.1, 0.15) is 11.3 Å². The van der Waals surface area contributed by atoms with E-state index in [-0.39, 0.29) is 52.0 Å². The van der Waals surface area contributed by atoms with Gasteiger partial charge < -0.3 is 49.0 Å². The highest BCUT2D eigenvalue weighted by molar-refractivity contribution is 7.90. The summed E-state index contributed by atoms with van der Waals surface area (Å²) >= 11 is 6.37. The Morgan fingerprint density at radius 1 is 0.944 bits per heavy atom. The van der Waals surface area contributed by atoms with Crippen molar-refractivity contribution in [1.29, 1.82) is 0 Å². The van der Waals surface area contributed by atoms with Crippen molar-refractivity contribution in [2.45, 2.75) is 62.7 Å². The van der Waals surface area contributed by atoms with E-state index in [1.807, 2.05) is 41.3 Å². The van der Waals surface area contributed by atoms with Crippen LogP contribution in [0.1, 0.15) is 55.5 Å². The van der Waals surface area contributed by atoms with E-state index in [1.54, 1.807) is 12.3 Å². The minimum Gasteiger partial charge on any atom is -0.595 e. The number of hydrogen-bond donors (Lipinski definition) is 5. The Morgan fingerprint density at radius 2 is 1.79 bits per heavy atom. The number of fused-ring (bicyclic) bond motifs is 4. The Hall–Kier alpha value is -5.32. The number of allylic oxidation sites excluding steroid dienone is 1. The fraction of sp³-hybridized carbons (Fsp3) is 0.451. The molecule has 3 unspecified atom stereocenters. The summed E-state index contributed by atoms with van der Waals surface area (Å²) in [6, 6.07) is 21.2. The number of piperazine rings is 1. The van der Waals surface area contributed by atoms with E-state index in [1.165, 1.54) is 23.3 Å². The molecule has 5 aliphatic rings. The van der Waals surface area contributed by atoms with Gasteiger partial charge in [-0.1, -0.05) is 37.6 Å². The number of sulfonamides is 1. The van der Waals surface area contributed by atoms with Crippen LogP contribution in [0.3, 0.4) is 0 Å². The van der Waals surface area contributed by atoms with Crippen LogP contribution >= 0.6 is 11.6 Å². The molecular weight excluding hydrogens is 952 g/mol. The number of quaternary nitrogens is 1. The maximum Gasteiger partial charge on any atom is 0.267 e. The average Bonchev–Trinajstić information content (AvgIpc) is 3.71. The predicted molar refractivity (Wildman–Crippen MR) is 270 cm³/mol. The highest BCUT2D eigenvalue weighted by Crippen LogP contribution is 2.46. The number of pyridine rings is 1. The van der Waals surface area contributed by atoms with Crippen molar-refractivity contribution >= 4 is 72.6 Å². The van der Waals surface area contributed by atoms with Gasteiger partial charge in [0, 0.05) is 80.8 Å². The molecule has 20 heteroatoms.